The molecule has 0 saturated carbocycles. The van der Waals surface area contributed by atoms with Gasteiger partial charge in [0.05, 0.1) is 0 Å². The minimum absolute atomic E-state index is 0.151. The average Bonchev–Trinajstić information content (AvgIpc) is 3.17. The molecule has 0 bridgehead atoms. The molecule has 0 amide bonds. The van der Waals surface area contributed by atoms with Crippen molar-refractivity contribution >= 4 is 43.4 Å². The van der Waals surface area contributed by atoms with Gasteiger partial charge in [-0.1, -0.05) is 0 Å². The van der Waals surface area contributed by atoms with Crippen LogP contribution in [0.25, 0.3) is 0 Å². The molecule has 3 aromatic carbocycles. The van der Waals surface area contributed by atoms with Gasteiger partial charge in [-0.2, -0.15) is 0 Å². The van der Waals surface area contributed by atoms with E-state index >= 15 is 0 Å². The number of aldehydes is 1. The molecule has 3 atom stereocenters. The van der Waals surface area contributed by atoms with Crippen LogP contribution < -0.4 is 15.1 Å². The van der Waals surface area contributed by atoms with Crippen LogP contribution in [0, 0.1) is 0 Å². The zero-order valence-electron chi connectivity index (χ0n) is 34.1. The second-order valence-corrected chi connectivity index (χ2v) is 34.5. The Bertz CT molecular complexity index is 1470. The van der Waals surface area contributed by atoms with Gasteiger partial charge in [0.15, 0.2) is 0 Å². The van der Waals surface area contributed by atoms with Crippen molar-refractivity contribution in [1.29, 1.82) is 0 Å². The molecule has 1 aliphatic heterocycles. The van der Waals surface area contributed by atoms with Crippen LogP contribution in [0.5, 0.6) is 5.75 Å². The van der Waals surface area contributed by atoms with Crippen LogP contribution in [-0.4, -0.2) is 65.0 Å². The monoisotopic (exact) mass is 848 g/mol. The fourth-order valence-corrected chi connectivity index (χ4v) is 30.0. The molecule has 53 heavy (non-hydrogen) atoms. The van der Waals surface area contributed by atoms with Crippen LogP contribution in [0.3, 0.4) is 0 Å². The van der Waals surface area contributed by atoms with Crippen molar-refractivity contribution in [3.63, 3.8) is 0 Å². The molecular weight excluding hydrogens is 779 g/mol. The first-order valence-corrected chi connectivity index (χ1v) is 30.3. The summed E-state index contributed by atoms with van der Waals surface area (Å²) in [5.41, 5.74) is 3.74. The molecule has 290 valence electrons. The van der Waals surface area contributed by atoms with E-state index < -0.39 is 26.7 Å². The predicted octanol–water partition coefficient (Wildman–Crippen LogP) is 10.7. The van der Waals surface area contributed by atoms with Crippen LogP contribution >= 0.6 is 0 Å². The Hall–Kier alpha value is -2.23. The number of ether oxygens (including phenoxy) is 3. The van der Waals surface area contributed by atoms with Crippen LogP contribution in [0.4, 0.5) is 0 Å². The fraction of sp³-hybridized carbons (Fsp3) is 0.543. The second kappa shape index (κ2) is 21.2. The quantitative estimate of drug-likeness (QED) is 0.0573. The second-order valence-electron chi connectivity index (χ2n) is 16.3. The third-order valence-corrected chi connectivity index (χ3v) is 31.9. The van der Waals surface area contributed by atoms with Crippen molar-refractivity contribution in [2.45, 2.75) is 141 Å². The molecule has 0 spiro atoms. The Morgan fingerprint density at radius 2 is 1.32 bits per heavy atom. The Kier molecular flexibility index (Phi) is 17.4. The van der Waals surface area contributed by atoms with Gasteiger partial charge in [0.1, 0.15) is 0 Å². The number of methoxy groups -OCH3 is 1. The molecule has 0 aliphatic carbocycles. The molecule has 5 nitrogen and oxygen atoms in total. The molecule has 0 aromatic heterocycles. The number of hydrogen-bond donors (Lipinski definition) is 0. The Morgan fingerprint density at radius 1 is 0.792 bits per heavy atom. The SMILES string of the molecule is CCC[CH2][Sn]([CH2]CCC)([CH2]CCC)[CH2]C1=C(C)[C@@H](OCc2ccc(OC)cc2)[C@@H](CC=O)O[C@@H]1CO[Si](c1ccccc1)(c1ccccc1)C(C)(C)C. The molecule has 1 heterocycles. The summed E-state index contributed by atoms with van der Waals surface area (Å²) in [6.07, 6.45) is 8.01. The first-order valence-electron chi connectivity index (χ1n) is 20.4. The summed E-state index contributed by atoms with van der Waals surface area (Å²) in [7, 11) is -1.14. The van der Waals surface area contributed by atoms with Crippen LogP contribution in [0.15, 0.2) is 96.1 Å². The summed E-state index contributed by atoms with van der Waals surface area (Å²) >= 11 is -2.75. The third kappa shape index (κ3) is 11.2. The maximum atomic E-state index is 12.3. The van der Waals surface area contributed by atoms with E-state index in [1.165, 1.54) is 77.8 Å². The van der Waals surface area contributed by atoms with Gasteiger partial charge in [0, 0.05) is 0 Å². The number of rotatable bonds is 22. The number of benzene rings is 3. The summed E-state index contributed by atoms with van der Waals surface area (Å²) in [6, 6.07) is 29.9. The van der Waals surface area contributed by atoms with Crippen molar-refractivity contribution in [3.8, 4) is 5.75 Å². The van der Waals surface area contributed by atoms with Gasteiger partial charge in [-0.3, -0.25) is 0 Å². The number of unbranched alkanes of at least 4 members (excludes halogenated alkanes) is 3. The van der Waals surface area contributed by atoms with Gasteiger partial charge in [0.25, 0.3) is 0 Å². The molecular formula is C46H68O5SiSn. The predicted molar refractivity (Wildman–Crippen MR) is 227 cm³/mol. The van der Waals surface area contributed by atoms with Crippen molar-refractivity contribution in [2.24, 2.45) is 0 Å². The van der Waals surface area contributed by atoms with E-state index in [1.807, 2.05) is 12.1 Å². The minimum atomic E-state index is -2.83. The van der Waals surface area contributed by atoms with E-state index in [9.17, 15) is 4.79 Å². The first kappa shape index (κ1) is 43.5. The van der Waals surface area contributed by atoms with E-state index in [0.29, 0.717) is 13.2 Å². The molecule has 0 radical (unpaired) electrons. The molecule has 0 saturated heterocycles. The van der Waals surface area contributed by atoms with Crippen LogP contribution in [0.1, 0.15) is 99.0 Å². The van der Waals surface area contributed by atoms with Gasteiger partial charge >= 0.3 is 329 Å². The first-order chi connectivity index (χ1) is 25.6. The standard InChI is InChI=1S/C34H41O5Si.3C4H9.Sn/c1-25-26(2)33(37-23-27-17-19-28(36-6)20-18-27)31(21-22-35)39-32(25)24-38-40(34(3,4)5,29-13-9-7-10-14-29)30-15-11-8-12-16-30;3*1-3-4-2;/h7-20,22,31-33H,1,21,23-24H2,2-6H3;3*1,3-4H2,2H3;/t31-,32-,33-;;;;/m1..../s1. The van der Waals surface area contributed by atoms with Crippen molar-refractivity contribution in [2.75, 3.05) is 13.7 Å². The average molecular weight is 848 g/mol. The maximum absolute atomic E-state index is 12.3. The van der Waals surface area contributed by atoms with E-state index in [2.05, 4.69) is 121 Å². The van der Waals surface area contributed by atoms with Crippen molar-refractivity contribution < 1.29 is 23.4 Å². The summed E-state index contributed by atoms with van der Waals surface area (Å²) < 4.78 is 32.4. The van der Waals surface area contributed by atoms with Crippen molar-refractivity contribution in [1.82, 2.24) is 0 Å². The molecule has 4 rings (SSSR count). The van der Waals surface area contributed by atoms with Gasteiger partial charge in [-0.25, -0.2) is 0 Å². The Morgan fingerprint density at radius 3 is 1.77 bits per heavy atom. The topological polar surface area (TPSA) is 54.0 Å². The zero-order valence-corrected chi connectivity index (χ0v) is 38.0. The van der Waals surface area contributed by atoms with Crippen LogP contribution in [0.2, 0.25) is 22.8 Å². The molecule has 0 unspecified atom stereocenters. The molecule has 1 aliphatic rings. The van der Waals surface area contributed by atoms with Crippen LogP contribution in [-0.2, 0) is 25.3 Å². The van der Waals surface area contributed by atoms with Gasteiger partial charge in [-0.05, 0) is 0 Å². The van der Waals surface area contributed by atoms with E-state index in [4.69, 9.17) is 18.6 Å². The molecule has 0 fully saturated rings. The molecule has 3 aromatic rings. The van der Waals surface area contributed by atoms with Crippen molar-refractivity contribution in [3.05, 3.63) is 102 Å². The van der Waals surface area contributed by atoms with Gasteiger partial charge in [0.2, 0.25) is 0 Å². The van der Waals surface area contributed by atoms with E-state index in [-0.39, 0.29) is 29.8 Å². The number of carbonyl (C=O) groups excluding carboxylic acids is 1. The summed E-state index contributed by atoms with van der Waals surface area (Å²) in [5, 5.41) is 2.38. The molecule has 7 heteroatoms. The normalized spacial score (nSPS) is 18.3. The van der Waals surface area contributed by atoms with Gasteiger partial charge < -0.3 is 0 Å². The van der Waals surface area contributed by atoms with E-state index in [0.717, 1.165) is 17.6 Å². The number of hydrogen-bond acceptors (Lipinski definition) is 5. The summed E-state index contributed by atoms with van der Waals surface area (Å²) in [5.74, 6) is 0.825. The van der Waals surface area contributed by atoms with Gasteiger partial charge in [-0.15, -0.1) is 0 Å². The summed E-state index contributed by atoms with van der Waals surface area (Å²) in [4.78, 5) is 12.3. The molecule has 0 N–H and O–H groups in total. The third-order valence-electron chi connectivity index (χ3n) is 11.5. The number of carbonyl (C=O) groups is 1. The fourth-order valence-electron chi connectivity index (χ4n) is 8.55. The Balaban J connectivity index is 1.83. The van der Waals surface area contributed by atoms with E-state index in [1.54, 1.807) is 7.11 Å². The Labute approximate surface area is 327 Å². The zero-order chi connectivity index (χ0) is 38.3. The summed E-state index contributed by atoms with van der Waals surface area (Å²) in [6.45, 7) is 17.2.